The number of amides is 1. The average molecular weight is 426 g/mol. The fourth-order valence-corrected chi connectivity index (χ4v) is 4.25. The van der Waals surface area contributed by atoms with E-state index >= 15 is 0 Å². The molecule has 4 rings (SSSR count). The van der Waals surface area contributed by atoms with E-state index in [0.717, 1.165) is 37.6 Å². The molecule has 1 N–H and O–H groups in total. The molecule has 1 aliphatic heterocycles. The third-order valence-corrected chi connectivity index (χ3v) is 6.12. The number of para-hydroxylation sites is 1. The molecule has 1 aromatic heterocycles. The minimum Gasteiger partial charge on any atom is -0.341 e. The molecule has 0 saturated carbocycles. The fourth-order valence-electron chi connectivity index (χ4n) is 3.39. The van der Waals surface area contributed by atoms with Gasteiger partial charge in [-0.05, 0) is 51.0 Å². The van der Waals surface area contributed by atoms with Crippen LogP contribution in [0.3, 0.4) is 0 Å². The maximum absolute atomic E-state index is 13.9. The SMILES string of the molecule is Cc1ccc(-n2c(SC(C)C(=O)Nc3ccccc3F)nnc2N2CCCC2)cc1. The molecule has 1 saturated heterocycles. The van der Waals surface area contributed by atoms with E-state index in [1.54, 1.807) is 25.1 Å². The van der Waals surface area contributed by atoms with Crippen LogP contribution in [0.4, 0.5) is 16.0 Å². The number of hydrogen-bond donors (Lipinski definition) is 1. The predicted molar refractivity (Wildman–Crippen MR) is 118 cm³/mol. The first-order chi connectivity index (χ1) is 14.5. The summed E-state index contributed by atoms with van der Waals surface area (Å²) in [7, 11) is 0. The second-order valence-corrected chi connectivity index (χ2v) is 8.68. The predicted octanol–water partition coefficient (Wildman–Crippen LogP) is 4.43. The topological polar surface area (TPSA) is 63.1 Å². The van der Waals surface area contributed by atoms with Crippen LogP contribution in [0.15, 0.2) is 53.7 Å². The zero-order chi connectivity index (χ0) is 21.1. The number of nitrogens with one attached hydrogen (secondary N) is 1. The van der Waals surface area contributed by atoms with E-state index in [-0.39, 0.29) is 11.6 Å². The molecule has 1 aliphatic rings. The first-order valence-corrected chi connectivity index (χ1v) is 10.9. The molecule has 156 valence electrons. The summed E-state index contributed by atoms with van der Waals surface area (Å²) in [4.78, 5) is 14.9. The van der Waals surface area contributed by atoms with Crippen molar-refractivity contribution in [2.75, 3.05) is 23.3 Å². The summed E-state index contributed by atoms with van der Waals surface area (Å²) < 4.78 is 15.9. The van der Waals surface area contributed by atoms with Crippen molar-refractivity contribution in [3.05, 3.63) is 59.9 Å². The lowest BCUT2D eigenvalue weighted by molar-refractivity contribution is -0.115. The third kappa shape index (κ3) is 4.33. The number of aromatic nitrogens is 3. The summed E-state index contributed by atoms with van der Waals surface area (Å²) in [6.07, 6.45) is 2.26. The van der Waals surface area contributed by atoms with Crippen LogP contribution in [0, 0.1) is 12.7 Å². The number of rotatable bonds is 6. The Kier molecular flexibility index (Phi) is 6.03. The van der Waals surface area contributed by atoms with Crippen molar-refractivity contribution in [2.45, 2.75) is 37.1 Å². The van der Waals surface area contributed by atoms with Crippen molar-refractivity contribution in [2.24, 2.45) is 0 Å². The molecular weight excluding hydrogens is 401 g/mol. The van der Waals surface area contributed by atoms with E-state index in [1.807, 2.05) is 35.8 Å². The largest absolute Gasteiger partial charge is 0.341 e. The molecule has 0 spiro atoms. The number of benzene rings is 2. The van der Waals surface area contributed by atoms with Crippen LogP contribution >= 0.6 is 11.8 Å². The Balaban J connectivity index is 1.59. The highest BCUT2D eigenvalue weighted by atomic mass is 32.2. The Morgan fingerprint density at radius 2 is 1.80 bits per heavy atom. The maximum Gasteiger partial charge on any atom is 0.237 e. The summed E-state index contributed by atoms with van der Waals surface area (Å²) in [5.41, 5.74) is 2.30. The first kappa shape index (κ1) is 20.4. The normalized spacial score (nSPS) is 14.7. The molecule has 8 heteroatoms. The van der Waals surface area contributed by atoms with E-state index in [0.29, 0.717) is 5.16 Å². The number of carbonyl (C=O) groups is 1. The molecule has 2 aromatic carbocycles. The Hall–Kier alpha value is -2.87. The number of hydrogen-bond acceptors (Lipinski definition) is 5. The van der Waals surface area contributed by atoms with E-state index in [1.165, 1.54) is 23.4 Å². The highest BCUT2D eigenvalue weighted by Gasteiger charge is 2.25. The number of anilines is 2. The molecule has 30 heavy (non-hydrogen) atoms. The van der Waals surface area contributed by atoms with E-state index < -0.39 is 11.1 Å². The summed E-state index contributed by atoms with van der Waals surface area (Å²) in [5.74, 6) is 0.0500. The van der Waals surface area contributed by atoms with Crippen molar-refractivity contribution in [3.63, 3.8) is 0 Å². The highest BCUT2D eigenvalue weighted by Crippen LogP contribution is 2.31. The fraction of sp³-hybridized carbons (Fsp3) is 0.318. The Bertz CT molecular complexity index is 1030. The molecule has 0 bridgehead atoms. The van der Waals surface area contributed by atoms with Crippen LogP contribution in [0.1, 0.15) is 25.3 Å². The minimum atomic E-state index is -0.482. The van der Waals surface area contributed by atoms with Crippen LogP contribution in [-0.2, 0) is 4.79 Å². The molecule has 1 fully saturated rings. The minimum absolute atomic E-state index is 0.174. The zero-order valence-corrected chi connectivity index (χ0v) is 17.8. The van der Waals surface area contributed by atoms with Gasteiger partial charge in [0, 0.05) is 13.1 Å². The lowest BCUT2D eigenvalue weighted by atomic mass is 10.2. The van der Waals surface area contributed by atoms with E-state index in [2.05, 4.69) is 20.4 Å². The molecule has 1 unspecified atom stereocenters. The van der Waals surface area contributed by atoms with Crippen molar-refractivity contribution >= 4 is 29.3 Å². The summed E-state index contributed by atoms with van der Waals surface area (Å²) in [6.45, 7) is 5.71. The van der Waals surface area contributed by atoms with Gasteiger partial charge < -0.3 is 10.2 Å². The van der Waals surface area contributed by atoms with E-state index in [9.17, 15) is 9.18 Å². The highest BCUT2D eigenvalue weighted by molar-refractivity contribution is 8.00. The van der Waals surface area contributed by atoms with Gasteiger partial charge in [-0.1, -0.05) is 41.6 Å². The quantitative estimate of drug-likeness (QED) is 0.592. The smallest absolute Gasteiger partial charge is 0.237 e. The van der Waals surface area contributed by atoms with E-state index in [4.69, 9.17) is 0 Å². The number of aryl methyl sites for hydroxylation is 1. The van der Waals surface area contributed by atoms with Crippen LogP contribution < -0.4 is 10.2 Å². The van der Waals surface area contributed by atoms with Crippen molar-refractivity contribution < 1.29 is 9.18 Å². The molecule has 1 amide bonds. The zero-order valence-electron chi connectivity index (χ0n) is 17.0. The Morgan fingerprint density at radius 3 is 2.50 bits per heavy atom. The molecule has 0 aliphatic carbocycles. The third-order valence-electron chi connectivity index (χ3n) is 5.08. The molecule has 0 radical (unpaired) electrons. The van der Waals surface area contributed by atoms with Gasteiger partial charge in [-0.3, -0.25) is 9.36 Å². The maximum atomic E-state index is 13.9. The number of nitrogens with zero attached hydrogens (tertiary/aromatic N) is 4. The van der Waals surface area contributed by atoms with Gasteiger partial charge in [0.05, 0.1) is 16.6 Å². The summed E-state index contributed by atoms with van der Waals surface area (Å²) in [5, 5.41) is 11.6. The van der Waals surface area contributed by atoms with Crippen LogP contribution in [-0.4, -0.2) is 39.0 Å². The number of halogens is 1. The van der Waals surface area contributed by atoms with Gasteiger partial charge in [0.2, 0.25) is 11.9 Å². The lowest BCUT2D eigenvalue weighted by Gasteiger charge is -2.19. The molecular formula is C22H24FN5OS. The van der Waals surface area contributed by atoms with Gasteiger partial charge in [-0.15, -0.1) is 10.2 Å². The van der Waals surface area contributed by atoms with Gasteiger partial charge >= 0.3 is 0 Å². The lowest BCUT2D eigenvalue weighted by Crippen LogP contribution is -2.24. The van der Waals surface area contributed by atoms with Gasteiger partial charge in [0.1, 0.15) is 5.82 Å². The first-order valence-electron chi connectivity index (χ1n) is 10.0. The van der Waals surface area contributed by atoms with Gasteiger partial charge in [-0.25, -0.2) is 4.39 Å². The van der Waals surface area contributed by atoms with Crippen molar-refractivity contribution in [1.82, 2.24) is 14.8 Å². The molecule has 6 nitrogen and oxygen atoms in total. The molecule has 1 atom stereocenters. The summed E-state index contributed by atoms with van der Waals surface area (Å²) in [6, 6.07) is 14.3. The monoisotopic (exact) mass is 425 g/mol. The van der Waals surface area contributed by atoms with Crippen molar-refractivity contribution in [1.29, 1.82) is 0 Å². The second kappa shape index (κ2) is 8.87. The number of carbonyl (C=O) groups excluding carboxylic acids is 1. The van der Waals surface area contributed by atoms with Crippen LogP contribution in [0.2, 0.25) is 0 Å². The number of thioether (sulfide) groups is 1. The average Bonchev–Trinajstić information content (AvgIpc) is 3.40. The molecule has 3 aromatic rings. The van der Waals surface area contributed by atoms with Crippen LogP contribution in [0.25, 0.3) is 5.69 Å². The second-order valence-electron chi connectivity index (χ2n) is 7.38. The van der Waals surface area contributed by atoms with Gasteiger partial charge in [0.15, 0.2) is 5.16 Å². The van der Waals surface area contributed by atoms with Gasteiger partial charge in [-0.2, -0.15) is 0 Å². The molecule has 2 heterocycles. The van der Waals surface area contributed by atoms with Gasteiger partial charge in [0.25, 0.3) is 0 Å². The van der Waals surface area contributed by atoms with Crippen LogP contribution in [0.5, 0.6) is 0 Å². The standard InChI is InChI=1S/C22H24FN5OS/c1-15-9-11-17(12-10-15)28-21(27-13-5-6-14-27)25-26-22(28)30-16(2)20(29)24-19-8-4-3-7-18(19)23/h3-4,7-12,16H,5-6,13-14H2,1-2H3,(H,24,29). The summed E-state index contributed by atoms with van der Waals surface area (Å²) >= 11 is 1.31. The van der Waals surface area contributed by atoms with Crippen molar-refractivity contribution in [3.8, 4) is 5.69 Å². The Morgan fingerprint density at radius 1 is 1.10 bits per heavy atom. The Labute approximate surface area is 179 Å².